The summed E-state index contributed by atoms with van der Waals surface area (Å²) in [5.74, 6) is 0.115. The van der Waals surface area contributed by atoms with Gasteiger partial charge in [0.15, 0.2) is 5.12 Å². The molecule has 0 heterocycles. The quantitative estimate of drug-likeness (QED) is 0.676. The number of alkyl halides is 4. The van der Waals surface area contributed by atoms with Crippen molar-refractivity contribution in [2.24, 2.45) is 0 Å². The van der Waals surface area contributed by atoms with E-state index in [4.69, 9.17) is 0 Å². The molecule has 0 fully saturated rings. The van der Waals surface area contributed by atoms with E-state index in [2.05, 4.69) is 0 Å². The third-order valence-corrected chi connectivity index (χ3v) is 2.49. The summed E-state index contributed by atoms with van der Waals surface area (Å²) in [7, 11) is 0. The highest BCUT2D eigenvalue weighted by atomic mass is 32.2. The Morgan fingerprint density at radius 1 is 1.43 bits per heavy atom. The predicted octanol–water partition coefficient (Wildman–Crippen LogP) is 3.34. The van der Waals surface area contributed by atoms with E-state index in [1.807, 2.05) is 0 Å². The number of carbonyl (C=O) groups is 1. The first-order chi connectivity index (χ1) is 6.35. The smallest absolute Gasteiger partial charge is 0.287 e. The molecule has 84 valence electrons. The highest BCUT2D eigenvalue weighted by molar-refractivity contribution is 8.13. The molecule has 0 saturated carbocycles. The van der Waals surface area contributed by atoms with Crippen LogP contribution in [0.1, 0.15) is 26.2 Å². The van der Waals surface area contributed by atoms with Gasteiger partial charge >= 0.3 is 6.18 Å². The van der Waals surface area contributed by atoms with Crippen molar-refractivity contribution >= 4 is 16.9 Å². The summed E-state index contributed by atoms with van der Waals surface area (Å²) < 4.78 is 47.5. The van der Waals surface area contributed by atoms with Gasteiger partial charge in [0.2, 0.25) is 0 Å². The molecule has 1 atom stereocenters. The van der Waals surface area contributed by atoms with E-state index in [9.17, 15) is 22.4 Å². The molecule has 0 saturated heterocycles. The van der Waals surface area contributed by atoms with Crippen molar-refractivity contribution in [3.05, 3.63) is 0 Å². The van der Waals surface area contributed by atoms with E-state index in [0.29, 0.717) is 6.42 Å². The van der Waals surface area contributed by atoms with E-state index in [0.717, 1.165) is 11.8 Å². The van der Waals surface area contributed by atoms with Crippen LogP contribution in [0.3, 0.4) is 0 Å². The van der Waals surface area contributed by atoms with Crippen LogP contribution in [-0.4, -0.2) is 23.2 Å². The maximum Gasteiger partial charge on any atom is 0.391 e. The summed E-state index contributed by atoms with van der Waals surface area (Å²) in [4.78, 5) is 10.7. The van der Waals surface area contributed by atoms with E-state index < -0.39 is 18.8 Å². The fourth-order valence-electron chi connectivity index (χ4n) is 0.756. The maximum atomic E-state index is 12.6. The summed E-state index contributed by atoms with van der Waals surface area (Å²) in [6, 6.07) is 0. The van der Waals surface area contributed by atoms with Gasteiger partial charge in [0.05, 0.1) is 6.42 Å². The van der Waals surface area contributed by atoms with Crippen molar-refractivity contribution in [3.8, 4) is 0 Å². The molecule has 6 heteroatoms. The Balaban J connectivity index is 3.54. The monoisotopic (exact) mass is 232 g/mol. The molecule has 0 radical (unpaired) electrons. The van der Waals surface area contributed by atoms with Crippen LogP contribution in [0.5, 0.6) is 0 Å². The summed E-state index contributed by atoms with van der Waals surface area (Å²) in [5.41, 5.74) is 0. The van der Waals surface area contributed by atoms with Crippen molar-refractivity contribution in [3.63, 3.8) is 0 Å². The van der Waals surface area contributed by atoms with Gasteiger partial charge in [-0.2, -0.15) is 13.2 Å². The summed E-state index contributed by atoms with van der Waals surface area (Å²) >= 11 is 0.884. The lowest BCUT2D eigenvalue weighted by molar-refractivity contribution is -0.146. The number of rotatable bonds is 5. The van der Waals surface area contributed by atoms with Gasteiger partial charge in [-0.25, -0.2) is 4.39 Å². The highest BCUT2D eigenvalue weighted by Crippen LogP contribution is 2.25. The number of thioether (sulfide) groups is 1. The lowest BCUT2D eigenvalue weighted by Gasteiger charge is -2.09. The zero-order valence-corrected chi connectivity index (χ0v) is 8.55. The number of hydrogen-bond donors (Lipinski definition) is 0. The van der Waals surface area contributed by atoms with Crippen molar-refractivity contribution in [2.75, 3.05) is 5.75 Å². The van der Waals surface area contributed by atoms with Gasteiger partial charge in [-0.3, -0.25) is 4.79 Å². The zero-order chi connectivity index (χ0) is 11.2. The minimum atomic E-state index is -4.46. The lowest BCUT2D eigenvalue weighted by Crippen LogP contribution is -2.16. The Labute approximate surface area is 84.2 Å². The largest absolute Gasteiger partial charge is 0.391 e. The van der Waals surface area contributed by atoms with E-state index in [-0.39, 0.29) is 17.3 Å². The molecular formula is C8H12F4OS. The van der Waals surface area contributed by atoms with Crippen molar-refractivity contribution in [1.29, 1.82) is 0 Å². The molecule has 0 aromatic rings. The van der Waals surface area contributed by atoms with Gasteiger partial charge in [-0.1, -0.05) is 18.7 Å². The zero-order valence-electron chi connectivity index (χ0n) is 7.73. The average molecular weight is 232 g/mol. The molecule has 0 aliphatic heterocycles. The van der Waals surface area contributed by atoms with Crippen molar-refractivity contribution in [2.45, 2.75) is 38.5 Å². The van der Waals surface area contributed by atoms with Crippen LogP contribution in [0.4, 0.5) is 17.6 Å². The van der Waals surface area contributed by atoms with E-state index >= 15 is 0 Å². The standard InChI is InChI=1S/C8H12F4OS/c1-2-7(13)14-4-3-6(9)5-8(10,11)12/h6H,2-5H2,1H3. The second-order valence-electron chi connectivity index (χ2n) is 2.78. The first-order valence-corrected chi connectivity index (χ1v) is 5.20. The molecule has 0 aromatic heterocycles. The van der Waals surface area contributed by atoms with Crippen LogP contribution in [0.15, 0.2) is 0 Å². The molecule has 0 N–H and O–H groups in total. The van der Waals surface area contributed by atoms with Crippen LogP contribution >= 0.6 is 11.8 Å². The molecule has 0 aliphatic carbocycles. The van der Waals surface area contributed by atoms with Gasteiger partial charge in [-0.05, 0) is 6.42 Å². The third-order valence-electron chi connectivity index (χ3n) is 1.44. The fraction of sp³-hybridized carbons (Fsp3) is 0.875. The molecule has 0 aromatic carbocycles. The SMILES string of the molecule is CCC(=O)SCCC(F)CC(F)(F)F. The third kappa shape index (κ3) is 8.34. The van der Waals surface area contributed by atoms with Crippen LogP contribution in [0.25, 0.3) is 0 Å². The number of hydrogen-bond acceptors (Lipinski definition) is 2. The summed E-state index contributed by atoms with van der Waals surface area (Å²) in [6.45, 7) is 1.65. The lowest BCUT2D eigenvalue weighted by atomic mass is 10.2. The minimum absolute atomic E-state index is 0.115. The molecule has 0 amide bonds. The number of carbonyl (C=O) groups excluding carboxylic acids is 1. The molecule has 0 bridgehead atoms. The van der Waals surface area contributed by atoms with Crippen LogP contribution in [0.2, 0.25) is 0 Å². The van der Waals surface area contributed by atoms with Gasteiger partial charge in [-0.15, -0.1) is 0 Å². The van der Waals surface area contributed by atoms with Gasteiger partial charge in [0, 0.05) is 12.2 Å². The topological polar surface area (TPSA) is 17.1 Å². The second kappa shape index (κ2) is 6.27. The summed E-state index contributed by atoms with van der Waals surface area (Å²) in [5, 5.41) is -0.121. The fourth-order valence-corrected chi connectivity index (χ4v) is 1.56. The molecular weight excluding hydrogens is 220 g/mol. The Kier molecular flexibility index (Phi) is 6.15. The van der Waals surface area contributed by atoms with Crippen molar-refractivity contribution < 1.29 is 22.4 Å². The molecule has 1 nitrogen and oxygen atoms in total. The normalized spacial score (nSPS) is 14.1. The van der Waals surface area contributed by atoms with Crippen LogP contribution in [0, 0.1) is 0 Å². The van der Waals surface area contributed by atoms with Crippen molar-refractivity contribution in [1.82, 2.24) is 0 Å². The molecule has 14 heavy (non-hydrogen) atoms. The Bertz CT molecular complexity index is 181. The van der Waals surface area contributed by atoms with Crippen LogP contribution < -0.4 is 0 Å². The Morgan fingerprint density at radius 2 is 2.00 bits per heavy atom. The predicted molar refractivity (Wildman–Crippen MR) is 47.9 cm³/mol. The van der Waals surface area contributed by atoms with Gasteiger partial charge < -0.3 is 0 Å². The first kappa shape index (κ1) is 13.7. The average Bonchev–Trinajstić information content (AvgIpc) is 2.00. The Hall–Kier alpha value is -0.260. The minimum Gasteiger partial charge on any atom is -0.287 e. The maximum absolute atomic E-state index is 12.6. The molecule has 1 unspecified atom stereocenters. The number of halogens is 4. The van der Waals surface area contributed by atoms with E-state index in [1.165, 1.54) is 0 Å². The molecule has 0 aliphatic rings. The Morgan fingerprint density at radius 3 is 2.43 bits per heavy atom. The first-order valence-electron chi connectivity index (χ1n) is 4.21. The second-order valence-corrected chi connectivity index (χ2v) is 3.93. The van der Waals surface area contributed by atoms with Crippen LogP contribution in [-0.2, 0) is 4.79 Å². The van der Waals surface area contributed by atoms with E-state index in [1.54, 1.807) is 6.92 Å². The van der Waals surface area contributed by atoms with Gasteiger partial charge in [0.25, 0.3) is 0 Å². The molecule has 0 rings (SSSR count). The molecule has 0 spiro atoms. The van der Waals surface area contributed by atoms with Gasteiger partial charge in [0.1, 0.15) is 6.17 Å². The highest BCUT2D eigenvalue weighted by Gasteiger charge is 2.31. The summed E-state index contributed by atoms with van der Waals surface area (Å²) in [6.07, 6.45) is -7.68.